The van der Waals surface area contributed by atoms with Gasteiger partial charge in [0.1, 0.15) is 12.1 Å². The van der Waals surface area contributed by atoms with Gasteiger partial charge in [-0.15, -0.1) is 0 Å². The lowest BCUT2D eigenvalue weighted by atomic mass is 10.2. The summed E-state index contributed by atoms with van der Waals surface area (Å²) >= 11 is 5.84. The first-order valence-corrected chi connectivity index (χ1v) is 9.57. The first-order chi connectivity index (χ1) is 14.5. The lowest BCUT2D eigenvalue weighted by Crippen LogP contribution is -2.32. The molecule has 3 N–H and O–H groups in total. The fourth-order valence-electron chi connectivity index (χ4n) is 2.70. The van der Waals surface area contributed by atoms with Crippen LogP contribution in [-0.4, -0.2) is 17.9 Å². The van der Waals surface area contributed by atoms with Gasteiger partial charge in [-0.1, -0.05) is 23.7 Å². The highest BCUT2D eigenvalue weighted by Crippen LogP contribution is 2.18. The highest BCUT2D eigenvalue weighted by molar-refractivity contribution is 6.30. The number of hydrogen-bond donors (Lipinski definition) is 3. The molecule has 0 aliphatic carbocycles. The van der Waals surface area contributed by atoms with Crippen LogP contribution in [0, 0.1) is 11.3 Å². The van der Waals surface area contributed by atoms with Crippen molar-refractivity contribution in [2.45, 2.75) is 13.0 Å². The Morgan fingerprint density at radius 1 is 0.900 bits per heavy atom. The quantitative estimate of drug-likeness (QED) is 0.530. The van der Waals surface area contributed by atoms with Crippen molar-refractivity contribution in [2.75, 3.05) is 16.0 Å². The summed E-state index contributed by atoms with van der Waals surface area (Å²) in [6.45, 7) is 1.72. The smallest absolute Gasteiger partial charge is 0.255 e. The summed E-state index contributed by atoms with van der Waals surface area (Å²) in [5, 5.41) is 18.3. The molecule has 0 aliphatic heterocycles. The summed E-state index contributed by atoms with van der Waals surface area (Å²) in [7, 11) is 0. The van der Waals surface area contributed by atoms with Crippen molar-refractivity contribution in [2.24, 2.45) is 0 Å². The summed E-state index contributed by atoms with van der Waals surface area (Å²) in [6, 6.07) is 22.0. The van der Waals surface area contributed by atoms with Crippen molar-refractivity contribution >= 4 is 40.5 Å². The van der Waals surface area contributed by atoms with Crippen molar-refractivity contribution in [1.29, 1.82) is 5.26 Å². The number of halogens is 1. The number of nitrogens with one attached hydrogen (secondary N) is 3. The minimum atomic E-state index is -0.536. The van der Waals surface area contributed by atoms with Gasteiger partial charge in [0.15, 0.2) is 0 Å². The maximum absolute atomic E-state index is 12.4. The highest BCUT2D eigenvalue weighted by atomic mass is 35.5. The zero-order valence-electron chi connectivity index (χ0n) is 16.1. The van der Waals surface area contributed by atoms with Gasteiger partial charge in [-0.2, -0.15) is 5.26 Å². The summed E-state index contributed by atoms with van der Waals surface area (Å²) in [4.78, 5) is 24.7. The van der Waals surface area contributed by atoms with Crippen LogP contribution < -0.4 is 16.0 Å². The Morgan fingerprint density at radius 2 is 1.53 bits per heavy atom. The average Bonchev–Trinajstić information content (AvgIpc) is 2.75. The Labute approximate surface area is 179 Å². The summed E-state index contributed by atoms with van der Waals surface area (Å²) in [6.07, 6.45) is 0. The van der Waals surface area contributed by atoms with Gasteiger partial charge in [-0.05, 0) is 67.6 Å². The molecule has 0 radical (unpaired) electrons. The van der Waals surface area contributed by atoms with Gasteiger partial charge in [0.05, 0.1) is 11.3 Å². The van der Waals surface area contributed by atoms with Crippen molar-refractivity contribution < 1.29 is 9.59 Å². The molecular formula is C23H19ClN4O2. The Balaban J connectivity index is 1.58. The second kappa shape index (κ2) is 9.59. The van der Waals surface area contributed by atoms with Gasteiger partial charge in [-0.25, -0.2) is 0 Å². The van der Waals surface area contributed by atoms with E-state index in [1.54, 1.807) is 79.7 Å². The lowest BCUT2D eigenvalue weighted by Gasteiger charge is -2.16. The molecule has 3 rings (SSSR count). The van der Waals surface area contributed by atoms with E-state index in [4.69, 9.17) is 16.9 Å². The molecular weight excluding hydrogens is 400 g/mol. The van der Waals surface area contributed by atoms with Crippen LogP contribution in [0.4, 0.5) is 17.1 Å². The van der Waals surface area contributed by atoms with Crippen LogP contribution in [0.5, 0.6) is 0 Å². The van der Waals surface area contributed by atoms with E-state index < -0.39 is 6.04 Å². The normalized spacial score (nSPS) is 11.1. The van der Waals surface area contributed by atoms with E-state index in [1.807, 2.05) is 6.07 Å². The first-order valence-electron chi connectivity index (χ1n) is 9.20. The topological polar surface area (TPSA) is 94.0 Å². The van der Waals surface area contributed by atoms with Gasteiger partial charge in [0.25, 0.3) is 5.91 Å². The van der Waals surface area contributed by atoms with E-state index >= 15 is 0 Å². The van der Waals surface area contributed by atoms with E-state index in [9.17, 15) is 9.59 Å². The summed E-state index contributed by atoms with van der Waals surface area (Å²) in [5.74, 6) is -0.505. The van der Waals surface area contributed by atoms with E-state index in [2.05, 4.69) is 16.0 Å². The number of nitrogens with zero attached hydrogens (tertiary/aromatic N) is 1. The molecule has 0 saturated heterocycles. The maximum Gasteiger partial charge on any atom is 0.255 e. The Bertz CT molecular complexity index is 1090. The number of nitriles is 1. The van der Waals surface area contributed by atoms with Crippen molar-refractivity contribution in [3.63, 3.8) is 0 Å². The van der Waals surface area contributed by atoms with Gasteiger partial charge < -0.3 is 16.0 Å². The molecule has 0 fully saturated rings. The van der Waals surface area contributed by atoms with Gasteiger partial charge in [-0.3, -0.25) is 9.59 Å². The van der Waals surface area contributed by atoms with Gasteiger partial charge in [0, 0.05) is 22.0 Å². The molecule has 3 aromatic rings. The second-order valence-corrected chi connectivity index (χ2v) is 6.99. The van der Waals surface area contributed by atoms with E-state index in [0.717, 1.165) is 5.69 Å². The van der Waals surface area contributed by atoms with Gasteiger partial charge >= 0.3 is 0 Å². The SMILES string of the molecule is CC(Nc1ccc(NC(=O)c2ccc(Cl)cc2)cc1)C(=O)Nc1ccccc1C#N. The van der Waals surface area contributed by atoms with Crippen LogP contribution >= 0.6 is 11.6 Å². The number of rotatable bonds is 6. The van der Waals surface area contributed by atoms with Crippen LogP contribution in [0.3, 0.4) is 0 Å². The Morgan fingerprint density at radius 3 is 2.20 bits per heavy atom. The Kier molecular flexibility index (Phi) is 6.68. The van der Waals surface area contributed by atoms with Crippen LogP contribution in [0.1, 0.15) is 22.8 Å². The number of hydrogen-bond acceptors (Lipinski definition) is 4. The molecule has 0 heterocycles. The average molecular weight is 419 g/mol. The minimum absolute atomic E-state index is 0.240. The lowest BCUT2D eigenvalue weighted by molar-refractivity contribution is -0.116. The molecule has 30 heavy (non-hydrogen) atoms. The summed E-state index contributed by atoms with van der Waals surface area (Å²) in [5.41, 5.74) is 2.72. The minimum Gasteiger partial charge on any atom is -0.374 e. The molecule has 2 amide bonds. The number of carbonyl (C=O) groups is 2. The Hall–Kier alpha value is -3.82. The highest BCUT2D eigenvalue weighted by Gasteiger charge is 2.14. The van der Waals surface area contributed by atoms with Crippen LogP contribution in [0.15, 0.2) is 72.8 Å². The van der Waals surface area contributed by atoms with Crippen molar-refractivity contribution in [3.05, 3.63) is 88.9 Å². The predicted octanol–water partition coefficient (Wildman–Crippen LogP) is 4.90. The molecule has 1 atom stereocenters. The molecule has 6 nitrogen and oxygen atoms in total. The molecule has 0 bridgehead atoms. The molecule has 150 valence electrons. The first kappa shape index (κ1) is 20.9. The number of amides is 2. The van der Waals surface area contributed by atoms with Crippen LogP contribution in [0.2, 0.25) is 5.02 Å². The molecule has 0 aromatic heterocycles. The molecule has 1 unspecified atom stereocenters. The fourth-order valence-corrected chi connectivity index (χ4v) is 2.83. The zero-order valence-corrected chi connectivity index (χ0v) is 16.9. The number of benzene rings is 3. The van der Waals surface area contributed by atoms with E-state index in [0.29, 0.717) is 27.5 Å². The molecule has 3 aromatic carbocycles. The third-order valence-electron chi connectivity index (χ3n) is 4.33. The molecule has 0 spiro atoms. The molecule has 0 saturated carbocycles. The van der Waals surface area contributed by atoms with Crippen molar-refractivity contribution in [3.8, 4) is 6.07 Å². The third kappa shape index (κ3) is 5.37. The largest absolute Gasteiger partial charge is 0.374 e. The second-order valence-electron chi connectivity index (χ2n) is 6.55. The number of anilines is 3. The van der Waals surface area contributed by atoms with E-state index in [-0.39, 0.29) is 11.8 Å². The summed E-state index contributed by atoms with van der Waals surface area (Å²) < 4.78 is 0. The number of carbonyl (C=O) groups excluding carboxylic acids is 2. The maximum atomic E-state index is 12.4. The standard InChI is InChI=1S/C23H19ClN4O2/c1-15(22(29)28-21-5-3-2-4-17(21)14-25)26-19-10-12-20(13-11-19)27-23(30)16-6-8-18(24)9-7-16/h2-13,15,26H,1H3,(H,27,30)(H,28,29). The molecule has 0 aliphatic rings. The third-order valence-corrected chi connectivity index (χ3v) is 4.58. The van der Waals surface area contributed by atoms with E-state index in [1.165, 1.54) is 0 Å². The van der Waals surface area contributed by atoms with Crippen LogP contribution in [0.25, 0.3) is 0 Å². The predicted molar refractivity (Wildman–Crippen MR) is 119 cm³/mol. The monoisotopic (exact) mass is 418 g/mol. The number of para-hydroxylation sites is 1. The van der Waals surface area contributed by atoms with Gasteiger partial charge in [0.2, 0.25) is 5.91 Å². The zero-order chi connectivity index (χ0) is 21.5. The van der Waals surface area contributed by atoms with Crippen molar-refractivity contribution in [1.82, 2.24) is 0 Å². The molecule has 7 heteroatoms. The fraction of sp³-hybridized carbons (Fsp3) is 0.0870. The van der Waals surface area contributed by atoms with Crippen LogP contribution in [-0.2, 0) is 4.79 Å².